The first-order chi connectivity index (χ1) is 68.9. The van der Waals surface area contributed by atoms with E-state index in [1.165, 1.54) is 177 Å². The zero-order chi connectivity index (χ0) is 92.4. The van der Waals surface area contributed by atoms with Gasteiger partial charge < -0.3 is 14.7 Å². The van der Waals surface area contributed by atoms with Gasteiger partial charge in [-0.25, -0.2) is 0 Å². The highest BCUT2D eigenvalue weighted by molar-refractivity contribution is 6.26. The Balaban J connectivity index is 0.000000114. The normalized spacial score (nSPS) is 13.6. The van der Waals surface area contributed by atoms with Crippen molar-refractivity contribution in [3.8, 4) is 77.9 Å². The van der Waals surface area contributed by atoms with Gasteiger partial charge in [0.15, 0.2) is 0 Å². The SMILES string of the molecule is CC1(c2ccccc2)c2ccccc2-c2cc(N(c3ccccc3)c3ccccc3)ccc21.c1ccc(-c2ccc(N(c3ccc(-c4ccccc4)cc3)c3ccc4c(c3)-c3ccccc3C4(c3ccccc3)c3ccccc3)cc2)cc1.c1ccc(-c2ccc(N(c3ccc4c(c3)-c3ccccc3C43c4ccccc4-c4ccccc43)c3ccc4c5ccccc5c5ccccc5c4c3)cc2)cc1. The van der Waals surface area contributed by atoms with Crippen molar-refractivity contribution in [2.24, 2.45) is 0 Å². The molecule has 0 aliphatic heterocycles. The van der Waals surface area contributed by atoms with Crippen LogP contribution in [0.5, 0.6) is 0 Å². The highest BCUT2D eigenvalue weighted by Crippen LogP contribution is 2.65. The molecule has 27 rings (SSSR count). The Morgan fingerprint density at radius 2 is 0.338 bits per heavy atom. The lowest BCUT2D eigenvalue weighted by molar-refractivity contribution is 0.714. The van der Waals surface area contributed by atoms with Crippen LogP contribution in [0.25, 0.3) is 110 Å². The van der Waals surface area contributed by atoms with E-state index in [9.17, 15) is 0 Å². The zero-order valence-corrected chi connectivity index (χ0v) is 77.0. The van der Waals surface area contributed by atoms with Gasteiger partial charge in [0.1, 0.15) is 0 Å². The first kappa shape index (κ1) is 83.1. The van der Waals surface area contributed by atoms with Crippen molar-refractivity contribution in [3.63, 3.8) is 0 Å². The van der Waals surface area contributed by atoms with Gasteiger partial charge in [0.2, 0.25) is 0 Å². The van der Waals surface area contributed by atoms with Crippen molar-refractivity contribution in [1.29, 1.82) is 0 Å². The van der Waals surface area contributed by atoms with Crippen LogP contribution < -0.4 is 14.7 Å². The van der Waals surface area contributed by atoms with Gasteiger partial charge in [0.25, 0.3) is 0 Å². The van der Waals surface area contributed by atoms with E-state index < -0.39 is 5.41 Å². The zero-order valence-electron chi connectivity index (χ0n) is 77.0. The molecule has 139 heavy (non-hydrogen) atoms. The van der Waals surface area contributed by atoms with Gasteiger partial charge in [0.05, 0.1) is 10.8 Å². The lowest BCUT2D eigenvalue weighted by atomic mass is 9.68. The molecule has 0 heterocycles. The summed E-state index contributed by atoms with van der Waals surface area (Å²) in [6.07, 6.45) is 0. The Kier molecular flexibility index (Phi) is 20.9. The summed E-state index contributed by atoms with van der Waals surface area (Å²) >= 11 is 0. The van der Waals surface area contributed by atoms with Crippen LogP contribution in [0.1, 0.15) is 68.1 Å². The summed E-state index contributed by atoms with van der Waals surface area (Å²) in [4.78, 5) is 7.17. The number of rotatable bonds is 15. The second kappa shape index (κ2) is 34.9. The smallest absolute Gasteiger partial charge is 0.0725 e. The predicted octanol–water partition coefficient (Wildman–Crippen LogP) is 36.0. The fourth-order valence-electron chi connectivity index (χ4n) is 23.3. The highest BCUT2D eigenvalue weighted by Gasteiger charge is 2.52. The maximum absolute atomic E-state index is 2.45. The molecule has 654 valence electrons. The van der Waals surface area contributed by atoms with Crippen molar-refractivity contribution in [3.05, 3.63) is 619 Å². The van der Waals surface area contributed by atoms with Gasteiger partial charge in [-0.05, 0) is 288 Å². The topological polar surface area (TPSA) is 9.72 Å². The molecule has 0 saturated heterocycles. The number of anilines is 9. The minimum Gasteiger partial charge on any atom is -0.310 e. The quantitative estimate of drug-likeness (QED) is 0.0947. The third-order valence-corrected chi connectivity index (χ3v) is 29.6. The summed E-state index contributed by atoms with van der Waals surface area (Å²) in [5, 5.41) is 7.65. The van der Waals surface area contributed by atoms with Gasteiger partial charge in [-0.1, -0.05) is 449 Å². The summed E-state index contributed by atoms with van der Waals surface area (Å²) < 4.78 is 0. The molecule has 3 nitrogen and oxygen atoms in total. The van der Waals surface area contributed by atoms with Gasteiger partial charge >= 0.3 is 0 Å². The molecule has 0 fully saturated rings. The summed E-state index contributed by atoms with van der Waals surface area (Å²) in [5.41, 5.74) is 41.5. The van der Waals surface area contributed by atoms with E-state index in [1.807, 2.05) is 0 Å². The molecule has 0 aromatic heterocycles. The second-order valence-corrected chi connectivity index (χ2v) is 36.9. The number of hydrogen-bond donors (Lipinski definition) is 0. The lowest BCUT2D eigenvalue weighted by Crippen LogP contribution is -2.28. The third kappa shape index (κ3) is 13.9. The number of fused-ring (bicyclic) bond motifs is 22. The fraction of sp³-hybridized carbons (Fsp3) is 0.0294. The summed E-state index contributed by atoms with van der Waals surface area (Å²) in [7, 11) is 0. The van der Waals surface area contributed by atoms with Crippen LogP contribution in [0.15, 0.2) is 558 Å². The Hall–Kier alpha value is -17.8. The minimum absolute atomic E-state index is 0.171. The average molecular weight is 1770 g/mol. The monoisotopic (exact) mass is 1770 g/mol. The maximum atomic E-state index is 2.45. The van der Waals surface area contributed by atoms with Gasteiger partial charge in [-0.15, -0.1) is 0 Å². The van der Waals surface area contributed by atoms with Crippen molar-refractivity contribution in [2.45, 2.75) is 23.2 Å². The van der Waals surface area contributed by atoms with Crippen molar-refractivity contribution in [1.82, 2.24) is 0 Å². The largest absolute Gasteiger partial charge is 0.310 e. The van der Waals surface area contributed by atoms with Crippen LogP contribution in [-0.4, -0.2) is 0 Å². The van der Waals surface area contributed by atoms with Crippen LogP contribution in [0.2, 0.25) is 0 Å². The highest BCUT2D eigenvalue weighted by atomic mass is 15.2. The summed E-state index contributed by atoms with van der Waals surface area (Å²) in [6.45, 7) is 2.36. The molecular weight excluding hydrogens is 1680 g/mol. The van der Waals surface area contributed by atoms with Gasteiger partial charge in [-0.3, -0.25) is 0 Å². The van der Waals surface area contributed by atoms with E-state index in [0.717, 1.165) is 45.5 Å². The fourth-order valence-corrected chi connectivity index (χ4v) is 23.3. The Bertz CT molecular complexity index is 8280. The molecule has 4 aliphatic rings. The minimum atomic E-state index is -0.424. The van der Waals surface area contributed by atoms with Crippen LogP contribution >= 0.6 is 0 Å². The van der Waals surface area contributed by atoms with E-state index in [-0.39, 0.29) is 10.8 Å². The van der Waals surface area contributed by atoms with E-state index in [1.54, 1.807) is 0 Å². The van der Waals surface area contributed by atoms with Crippen LogP contribution in [0, 0.1) is 0 Å². The average Bonchev–Trinajstić information content (AvgIpc) is 1.50. The molecule has 23 aromatic carbocycles. The molecule has 0 N–H and O–H groups in total. The number of para-hydroxylation sites is 2. The van der Waals surface area contributed by atoms with E-state index in [4.69, 9.17) is 0 Å². The molecule has 0 radical (unpaired) electrons. The van der Waals surface area contributed by atoms with Crippen LogP contribution in [0.4, 0.5) is 51.2 Å². The standard InChI is InChI=1S/C55H35N.C49H35N.C32H25N/c1-2-14-36(15-3-1)37-26-28-38(29-27-37)56(39-30-32-45-43-18-5-4-16-41(43)42-17-6-7-19-44(42)49(45)34-39)40-31-33-54-50(35-40)48-22-10-13-25-53(48)55(54)51-23-11-8-20-46(51)47-21-9-12-24-52(47)55;1-5-15-36(16-6-1)38-25-29-42(30-26-38)50(43-31-27-39(28-32-43)37-17-7-2-8-18-37)44-33-34-48-46(35-44)45-23-13-14-24-47(45)49(48,40-19-9-3-10-20-40)41-21-11-4-12-22-41;1-32(24-13-5-2-6-14-24)30-20-12-11-19-28(30)29-23-27(21-22-31(29)32)33(25-15-7-3-8-16-25)26-17-9-4-10-18-26/h1-35H;1-35H;2-23H,1H3. The van der Waals surface area contributed by atoms with Crippen LogP contribution in [-0.2, 0) is 16.2 Å². The Morgan fingerprint density at radius 3 is 0.712 bits per heavy atom. The molecular formula is C136H95N3. The number of benzene rings is 23. The summed E-state index contributed by atoms with van der Waals surface area (Å²) in [6, 6.07) is 204. The molecule has 3 heteroatoms. The first-order valence-corrected chi connectivity index (χ1v) is 48.3. The molecule has 0 bridgehead atoms. The number of nitrogens with zero attached hydrogens (tertiary/aromatic N) is 3. The molecule has 1 unspecified atom stereocenters. The molecule has 0 saturated carbocycles. The third-order valence-electron chi connectivity index (χ3n) is 29.6. The molecule has 1 spiro atoms. The number of hydrogen-bond acceptors (Lipinski definition) is 3. The molecule has 23 aromatic rings. The van der Waals surface area contributed by atoms with Gasteiger partial charge in [-0.2, -0.15) is 0 Å². The summed E-state index contributed by atoms with van der Waals surface area (Å²) in [5.74, 6) is 0. The second-order valence-electron chi connectivity index (χ2n) is 36.9. The van der Waals surface area contributed by atoms with E-state index in [0.29, 0.717) is 0 Å². The van der Waals surface area contributed by atoms with Crippen molar-refractivity contribution >= 4 is 83.5 Å². The van der Waals surface area contributed by atoms with E-state index >= 15 is 0 Å². The van der Waals surface area contributed by atoms with Gasteiger partial charge in [0, 0.05) is 56.6 Å². The molecule has 4 aliphatic carbocycles. The molecule has 0 amide bonds. The van der Waals surface area contributed by atoms with Crippen molar-refractivity contribution < 1.29 is 0 Å². The Morgan fingerprint density at radius 1 is 0.129 bits per heavy atom. The maximum Gasteiger partial charge on any atom is 0.0725 e. The molecule has 1 atom stereocenters. The van der Waals surface area contributed by atoms with Crippen LogP contribution in [0.3, 0.4) is 0 Å². The Labute approximate surface area is 812 Å². The lowest BCUT2D eigenvalue weighted by Gasteiger charge is -2.34. The van der Waals surface area contributed by atoms with Crippen molar-refractivity contribution in [2.75, 3.05) is 14.7 Å². The predicted molar refractivity (Wildman–Crippen MR) is 583 cm³/mol. The van der Waals surface area contributed by atoms with E-state index in [2.05, 4.69) is 580 Å². The first-order valence-electron chi connectivity index (χ1n) is 48.3.